The minimum atomic E-state index is -1.33. The normalized spacial score (nSPS) is 51.8. The number of hydrogen-bond acceptors (Lipinski definition) is 7. The number of carbonyl (C=O) groups is 1. The summed E-state index contributed by atoms with van der Waals surface area (Å²) >= 11 is 0. The van der Waals surface area contributed by atoms with Gasteiger partial charge in [0, 0.05) is 28.6 Å². The number of aliphatic hydroxyl groups is 6. The van der Waals surface area contributed by atoms with Crippen molar-refractivity contribution in [3.63, 3.8) is 0 Å². The highest BCUT2D eigenvalue weighted by molar-refractivity contribution is 5.96. The van der Waals surface area contributed by atoms with Gasteiger partial charge in [-0.05, 0) is 170 Å². The quantitative estimate of drug-likeness (QED) is 0.218. The molecule has 1 aromatic carbocycles. The van der Waals surface area contributed by atoms with E-state index in [0.29, 0.717) is 32.1 Å². The van der Waals surface area contributed by atoms with Crippen molar-refractivity contribution in [2.45, 2.75) is 160 Å². The van der Waals surface area contributed by atoms with E-state index >= 15 is 4.79 Å². The Balaban J connectivity index is 1.19. The van der Waals surface area contributed by atoms with Gasteiger partial charge in [0.05, 0.1) is 31.0 Å². The average Bonchev–Trinajstić information content (AvgIpc) is 3.67. The SMILES string of the molecule is CC(O)c1ccc2c(c1)=CC1C(C=2)CCC23CCC4C(C)(C(O)CO)C(O)CCC14C2C(=O)C=C1C2CC4(C)CCC#CC5(O)CCC(C(O)C25C2(CCCC2)C4)C13C. The maximum absolute atomic E-state index is 16.2. The van der Waals surface area contributed by atoms with E-state index in [1.165, 1.54) is 5.57 Å². The molecule has 6 N–H and O–H groups in total. The first-order valence-corrected chi connectivity index (χ1v) is 23.7. The summed E-state index contributed by atoms with van der Waals surface area (Å²) in [7, 11) is 0. The summed E-state index contributed by atoms with van der Waals surface area (Å²) in [6.45, 7) is 8.22. The molecule has 3 spiro atoms. The molecule has 0 saturated heterocycles. The third kappa shape index (κ3) is 4.41. The van der Waals surface area contributed by atoms with Crippen LogP contribution in [0.15, 0.2) is 29.8 Å². The van der Waals surface area contributed by atoms with Crippen LogP contribution in [0.4, 0.5) is 0 Å². The van der Waals surface area contributed by atoms with Gasteiger partial charge in [-0.1, -0.05) is 69.4 Å². The third-order valence-electron chi connectivity index (χ3n) is 21.5. The Morgan fingerprint density at radius 2 is 1.66 bits per heavy atom. The maximum Gasteiger partial charge on any atom is 0.159 e. The number of aliphatic hydroxyl groups excluding tert-OH is 5. The first-order valence-electron chi connectivity index (χ1n) is 23.7. The number of fused-ring (bicyclic) bond motifs is 7. The Hall–Kier alpha value is -2.31. The van der Waals surface area contributed by atoms with Crippen molar-refractivity contribution in [2.24, 2.45) is 73.4 Å². The molecule has 17 unspecified atom stereocenters. The zero-order valence-corrected chi connectivity index (χ0v) is 35.8. The van der Waals surface area contributed by atoms with E-state index in [9.17, 15) is 30.6 Å². The molecule has 1 aromatic rings. The molecule has 0 amide bonds. The number of benzene rings is 1. The van der Waals surface area contributed by atoms with Gasteiger partial charge >= 0.3 is 0 Å². The predicted molar refractivity (Wildman–Crippen MR) is 225 cm³/mol. The monoisotopic (exact) mass is 804 g/mol. The summed E-state index contributed by atoms with van der Waals surface area (Å²) in [5.41, 5.74) is -3.10. The highest BCUT2D eigenvalue weighted by Gasteiger charge is 2.84. The molecular weight excluding hydrogens is 737 g/mol. The van der Waals surface area contributed by atoms with Crippen molar-refractivity contribution in [1.29, 1.82) is 0 Å². The number of carbonyl (C=O) groups excluding carboxylic acids is 1. The molecule has 5 bridgehead atoms. The highest BCUT2D eigenvalue weighted by atomic mass is 16.3. The van der Waals surface area contributed by atoms with Crippen molar-refractivity contribution in [3.05, 3.63) is 45.8 Å². The van der Waals surface area contributed by atoms with Gasteiger partial charge in [0.25, 0.3) is 0 Å². The lowest BCUT2D eigenvalue weighted by Gasteiger charge is -2.79. The molecular formula is C52H68O7. The molecule has 0 radical (unpaired) electrons. The van der Waals surface area contributed by atoms with E-state index in [1.807, 2.05) is 13.0 Å². The minimum absolute atomic E-state index is 0.0246. The largest absolute Gasteiger partial charge is 0.394 e. The van der Waals surface area contributed by atoms with Crippen molar-refractivity contribution in [2.75, 3.05) is 6.61 Å². The lowest BCUT2D eigenvalue weighted by atomic mass is 9.25. The van der Waals surface area contributed by atoms with Crippen LogP contribution in [0.1, 0.15) is 142 Å². The fourth-order valence-corrected chi connectivity index (χ4v) is 19.4. The molecule has 0 aromatic heterocycles. The van der Waals surface area contributed by atoms with Crippen LogP contribution in [0.3, 0.4) is 0 Å². The summed E-state index contributed by atoms with van der Waals surface area (Å²) in [5, 5.41) is 74.6. The van der Waals surface area contributed by atoms with Crippen LogP contribution in [0.25, 0.3) is 12.2 Å². The van der Waals surface area contributed by atoms with Gasteiger partial charge in [0.15, 0.2) is 5.78 Å². The summed E-state index contributed by atoms with van der Waals surface area (Å²) in [6.07, 6.45) is 16.7. The van der Waals surface area contributed by atoms with Crippen LogP contribution in [-0.2, 0) is 4.79 Å². The van der Waals surface area contributed by atoms with E-state index in [-0.39, 0.29) is 46.2 Å². The van der Waals surface area contributed by atoms with Crippen molar-refractivity contribution in [1.82, 2.24) is 0 Å². The zero-order valence-electron chi connectivity index (χ0n) is 35.8. The van der Waals surface area contributed by atoms with Crippen LogP contribution in [-0.4, -0.2) is 66.9 Å². The van der Waals surface area contributed by atoms with Gasteiger partial charge in [-0.25, -0.2) is 0 Å². The second-order valence-corrected chi connectivity index (χ2v) is 23.1. The Bertz CT molecular complexity index is 2200. The molecule has 7 fully saturated rings. The smallest absolute Gasteiger partial charge is 0.159 e. The molecule has 59 heavy (non-hydrogen) atoms. The lowest BCUT2D eigenvalue weighted by molar-refractivity contribution is -0.321. The topological polar surface area (TPSA) is 138 Å². The molecule has 0 heterocycles. The standard InChI is InChI=1S/C52H68O7/c1-30(54)31-9-10-32-24-33-11-19-49-20-13-40-46(3,42(57)28-53)41(56)14-22-51(40,36(33)25-34(32)23-31)43(49)39(55)26-37-38-27-45(2)15-5-8-18-50(59)21-12-35(47(37,49)4)44(58)52(38,50)48(29-45)16-6-7-17-48/h9-10,23-26,30,33,35-36,38,40-44,53-54,56-59H,5-7,11-17,19-22,27-29H2,1-4H3. The van der Waals surface area contributed by atoms with Crippen LogP contribution < -0.4 is 10.4 Å². The second kappa shape index (κ2) is 12.4. The maximum atomic E-state index is 16.2. The molecule has 318 valence electrons. The number of allylic oxidation sites excluding steroid dienone is 2. The highest BCUT2D eigenvalue weighted by Crippen LogP contribution is 2.85. The molecule has 7 heteroatoms. The third-order valence-corrected chi connectivity index (χ3v) is 21.5. The molecule has 11 aliphatic rings. The number of rotatable bonds is 3. The van der Waals surface area contributed by atoms with Crippen molar-refractivity contribution < 1.29 is 35.4 Å². The fourth-order valence-electron chi connectivity index (χ4n) is 19.4. The van der Waals surface area contributed by atoms with Crippen LogP contribution in [0, 0.1) is 85.3 Å². The first kappa shape index (κ1) is 39.5. The van der Waals surface area contributed by atoms with Gasteiger partial charge in [-0.15, -0.1) is 5.92 Å². The van der Waals surface area contributed by atoms with Crippen molar-refractivity contribution >= 4 is 17.9 Å². The summed E-state index contributed by atoms with van der Waals surface area (Å²) in [4.78, 5) is 16.2. The average molecular weight is 805 g/mol. The molecule has 12 rings (SSSR count). The van der Waals surface area contributed by atoms with Gasteiger partial charge in [-0.2, -0.15) is 0 Å². The van der Waals surface area contributed by atoms with Gasteiger partial charge in [0.2, 0.25) is 0 Å². The number of ketones is 1. The second-order valence-electron chi connectivity index (χ2n) is 23.1. The molecule has 7 saturated carbocycles. The summed E-state index contributed by atoms with van der Waals surface area (Å²) < 4.78 is 0. The van der Waals surface area contributed by atoms with Crippen LogP contribution >= 0.6 is 0 Å². The number of hydrogen-bond donors (Lipinski definition) is 6. The minimum Gasteiger partial charge on any atom is -0.394 e. The zero-order chi connectivity index (χ0) is 41.3. The van der Waals surface area contributed by atoms with Crippen LogP contribution in [0.5, 0.6) is 0 Å². The van der Waals surface area contributed by atoms with E-state index in [2.05, 4.69) is 56.0 Å². The Morgan fingerprint density at radius 3 is 2.41 bits per heavy atom. The molecule has 0 aliphatic heterocycles. The van der Waals surface area contributed by atoms with Gasteiger partial charge < -0.3 is 30.6 Å². The summed E-state index contributed by atoms with van der Waals surface area (Å²) in [5.74, 6) is 6.25. The lowest BCUT2D eigenvalue weighted by Crippen LogP contribution is -2.80. The van der Waals surface area contributed by atoms with E-state index in [4.69, 9.17) is 0 Å². The molecule has 11 aliphatic carbocycles. The van der Waals surface area contributed by atoms with Crippen molar-refractivity contribution in [3.8, 4) is 11.8 Å². The Labute approximate surface area is 350 Å². The van der Waals surface area contributed by atoms with E-state index < -0.39 is 69.6 Å². The van der Waals surface area contributed by atoms with Gasteiger partial charge in [-0.3, -0.25) is 4.79 Å². The first-order chi connectivity index (χ1) is 28.0. The summed E-state index contributed by atoms with van der Waals surface area (Å²) in [6, 6.07) is 6.26. The molecule has 7 nitrogen and oxygen atoms in total. The van der Waals surface area contributed by atoms with E-state index in [1.54, 1.807) is 6.92 Å². The molecule has 17 atom stereocenters. The Kier molecular flexibility index (Phi) is 8.34. The predicted octanol–water partition coefficient (Wildman–Crippen LogP) is 5.65. The van der Waals surface area contributed by atoms with Crippen LogP contribution in [0.2, 0.25) is 0 Å². The Morgan fingerprint density at radius 1 is 0.898 bits per heavy atom. The fraction of sp³-hybridized carbons (Fsp3) is 0.750. The van der Waals surface area contributed by atoms with E-state index in [0.717, 1.165) is 86.6 Å². The van der Waals surface area contributed by atoms with Gasteiger partial charge in [0.1, 0.15) is 5.60 Å².